The van der Waals surface area contributed by atoms with Gasteiger partial charge in [0, 0.05) is 18.5 Å². The second-order valence-corrected chi connectivity index (χ2v) is 4.34. The number of benzene rings is 2. The van der Waals surface area contributed by atoms with Crippen LogP contribution in [0.15, 0.2) is 42.5 Å². The molecule has 3 rings (SSSR count). The molecule has 4 nitrogen and oxygen atoms in total. The van der Waals surface area contributed by atoms with Gasteiger partial charge < -0.3 is 10.1 Å². The molecule has 1 saturated heterocycles. The molecule has 0 spiro atoms. The summed E-state index contributed by atoms with van der Waals surface area (Å²) in [6.07, 6.45) is -0.391. The number of rotatable bonds is 2. The molecule has 18 heavy (non-hydrogen) atoms. The molecule has 1 heterocycles. The minimum atomic E-state index is -0.391. The van der Waals surface area contributed by atoms with Crippen LogP contribution in [0.1, 0.15) is 0 Å². The van der Waals surface area contributed by atoms with Crippen molar-refractivity contribution in [2.24, 2.45) is 0 Å². The van der Waals surface area contributed by atoms with Crippen LogP contribution in [0.5, 0.6) is 0 Å². The summed E-state index contributed by atoms with van der Waals surface area (Å²) in [5, 5.41) is 7.97. The van der Waals surface area contributed by atoms with Crippen LogP contribution in [0, 0.1) is 0 Å². The van der Waals surface area contributed by atoms with Gasteiger partial charge >= 0.3 is 6.09 Å². The third kappa shape index (κ3) is 2.15. The molecule has 2 N–H and O–H groups in total. The lowest BCUT2D eigenvalue weighted by Crippen LogP contribution is -2.49. The fourth-order valence-corrected chi connectivity index (χ4v) is 1.97. The Balaban J connectivity index is 1.79. The van der Waals surface area contributed by atoms with Gasteiger partial charge in [-0.2, -0.15) is 0 Å². The summed E-state index contributed by atoms with van der Waals surface area (Å²) in [7, 11) is 0. The van der Waals surface area contributed by atoms with Crippen LogP contribution in [-0.4, -0.2) is 25.3 Å². The molecule has 0 aliphatic carbocycles. The zero-order valence-electron chi connectivity index (χ0n) is 9.85. The number of carbonyl (C=O) groups is 1. The average Bonchev–Trinajstić information content (AvgIpc) is 2.34. The van der Waals surface area contributed by atoms with Crippen molar-refractivity contribution < 1.29 is 9.53 Å². The molecule has 0 unspecified atom stereocenters. The van der Waals surface area contributed by atoms with Crippen molar-refractivity contribution in [1.82, 2.24) is 5.32 Å². The van der Waals surface area contributed by atoms with Crippen LogP contribution in [0.25, 0.3) is 10.8 Å². The maximum Gasteiger partial charge on any atom is 0.412 e. The van der Waals surface area contributed by atoms with Gasteiger partial charge in [-0.15, -0.1) is 0 Å². The third-order valence-electron chi connectivity index (χ3n) is 3.04. The van der Waals surface area contributed by atoms with Gasteiger partial charge in [-0.05, 0) is 11.5 Å². The summed E-state index contributed by atoms with van der Waals surface area (Å²) < 4.78 is 5.23. The third-order valence-corrected chi connectivity index (χ3v) is 3.04. The summed E-state index contributed by atoms with van der Waals surface area (Å²) in [5.41, 5.74) is 0.783. The first kappa shape index (κ1) is 11.0. The normalized spacial score (nSPS) is 15.1. The standard InChI is InChI=1S/C14H14N2O2/c17-14(18-11-8-15-9-11)16-13-7-3-5-10-4-1-2-6-12(10)13/h1-7,11,15H,8-9H2,(H,16,17). The summed E-state index contributed by atoms with van der Waals surface area (Å²) in [5.74, 6) is 0. The number of ether oxygens (including phenoxy) is 1. The van der Waals surface area contributed by atoms with E-state index in [1.54, 1.807) is 0 Å². The molecule has 4 heteroatoms. The topological polar surface area (TPSA) is 50.4 Å². The smallest absolute Gasteiger partial charge is 0.412 e. The van der Waals surface area contributed by atoms with Gasteiger partial charge in [-0.1, -0.05) is 36.4 Å². The number of hydrogen-bond acceptors (Lipinski definition) is 3. The maximum absolute atomic E-state index is 11.7. The lowest BCUT2D eigenvalue weighted by molar-refractivity contribution is 0.0778. The molecule has 0 radical (unpaired) electrons. The SMILES string of the molecule is O=C(Nc1cccc2ccccc12)OC1CNC1. The van der Waals surface area contributed by atoms with Gasteiger partial charge in [0.15, 0.2) is 0 Å². The molecule has 0 bridgehead atoms. The Morgan fingerprint density at radius 3 is 2.72 bits per heavy atom. The van der Waals surface area contributed by atoms with E-state index < -0.39 is 6.09 Å². The van der Waals surface area contributed by atoms with Gasteiger partial charge in [-0.3, -0.25) is 5.32 Å². The molecule has 1 fully saturated rings. The van der Waals surface area contributed by atoms with E-state index in [9.17, 15) is 4.79 Å². The van der Waals surface area contributed by atoms with Gasteiger partial charge in [0.05, 0.1) is 5.69 Å². The van der Waals surface area contributed by atoms with Crippen molar-refractivity contribution >= 4 is 22.6 Å². The molecule has 0 atom stereocenters. The molecular weight excluding hydrogens is 228 g/mol. The van der Waals surface area contributed by atoms with Crippen molar-refractivity contribution in [2.45, 2.75) is 6.10 Å². The van der Waals surface area contributed by atoms with Crippen molar-refractivity contribution in [3.63, 3.8) is 0 Å². The first-order valence-corrected chi connectivity index (χ1v) is 5.99. The Bertz CT molecular complexity index is 574. The Morgan fingerprint density at radius 2 is 1.94 bits per heavy atom. The lowest BCUT2D eigenvalue weighted by atomic mass is 10.1. The summed E-state index contributed by atoms with van der Waals surface area (Å²) >= 11 is 0. The van der Waals surface area contributed by atoms with E-state index in [0.29, 0.717) is 0 Å². The minimum absolute atomic E-state index is 0.0000218. The Labute approximate surface area is 105 Å². The van der Waals surface area contributed by atoms with Gasteiger partial charge in [-0.25, -0.2) is 4.79 Å². The molecule has 2 aromatic rings. The number of carbonyl (C=O) groups excluding carboxylic acids is 1. The number of nitrogens with one attached hydrogen (secondary N) is 2. The molecule has 1 aliphatic heterocycles. The number of amides is 1. The van der Waals surface area contributed by atoms with Crippen LogP contribution < -0.4 is 10.6 Å². The molecule has 2 aromatic carbocycles. The van der Waals surface area contributed by atoms with E-state index in [2.05, 4.69) is 10.6 Å². The fourth-order valence-electron chi connectivity index (χ4n) is 1.97. The van der Waals surface area contributed by atoms with E-state index in [-0.39, 0.29) is 6.10 Å². The highest BCUT2D eigenvalue weighted by molar-refractivity contribution is 6.00. The highest BCUT2D eigenvalue weighted by Crippen LogP contribution is 2.23. The highest BCUT2D eigenvalue weighted by atomic mass is 16.6. The van der Waals surface area contributed by atoms with E-state index >= 15 is 0 Å². The van der Waals surface area contributed by atoms with Crippen LogP contribution >= 0.6 is 0 Å². The molecule has 1 aliphatic rings. The minimum Gasteiger partial charge on any atom is -0.443 e. The second-order valence-electron chi connectivity index (χ2n) is 4.34. The molecular formula is C14H14N2O2. The van der Waals surface area contributed by atoms with Crippen LogP contribution in [-0.2, 0) is 4.74 Å². The van der Waals surface area contributed by atoms with Crippen LogP contribution in [0.2, 0.25) is 0 Å². The molecule has 0 aromatic heterocycles. The number of fused-ring (bicyclic) bond motifs is 1. The quantitative estimate of drug-likeness (QED) is 0.850. The van der Waals surface area contributed by atoms with Gasteiger partial charge in [0.25, 0.3) is 0 Å². The van der Waals surface area contributed by atoms with Crippen molar-refractivity contribution in [2.75, 3.05) is 18.4 Å². The van der Waals surface area contributed by atoms with Gasteiger partial charge in [0.2, 0.25) is 0 Å². The predicted octanol–water partition coefficient (Wildman–Crippen LogP) is 2.36. The zero-order valence-corrected chi connectivity index (χ0v) is 9.85. The average molecular weight is 242 g/mol. The van der Waals surface area contributed by atoms with Crippen LogP contribution in [0.3, 0.4) is 0 Å². The van der Waals surface area contributed by atoms with Crippen LogP contribution in [0.4, 0.5) is 10.5 Å². The van der Waals surface area contributed by atoms with E-state index in [0.717, 1.165) is 29.5 Å². The fraction of sp³-hybridized carbons (Fsp3) is 0.214. The number of hydrogen-bond donors (Lipinski definition) is 2. The lowest BCUT2D eigenvalue weighted by Gasteiger charge is -2.26. The number of anilines is 1. The molecule has 0 saturated carbocycles. The Morgan fingerprint density at radius 1 is 1.17 bits per heavy atom. The Kier molecular flexibility index (Phi) is 2.86. The molecule has 92 valence electrons. The first-order valence-electron chi connectivity index (χ1n) is 5.99. The van der Waals surface area contributed by atoms with Crippen molar-refractivity contribution in [3.8, 4) is 0 Å². The monoisotopic (exact) mass is 242 g/mol. The second kappa shape index (κ2) is 4.66. The summed E-state index contributed by atoms with van der Waals surface area (Å²) in [6.45, 7) is 1.48. The zero-order chi connectivity index (χ0) is 12.4. The van der Waals surface area contributed by atoms with Gasteiger partial charge in [0.1, 0.15) is 6.10 Å². The first-order chi connectivity index (χ1) is 8.83. The predicted molar refractivity (Wildman–Crippen MR) is 70.7 cm³/mol. The van der Waals surface area contributed by atoms with E-state index in [1.807, 2.05) is 42.5 Å². The summed E-state index contributed by atoms with van der Waals surface area (Å²) in [4.78, 5) is 11.7. The maximum atomic E-state index is 11.7. The summed E-state index contributed by atoms with van der Waals surface area (Å²) in [6, 6.07) is 13.7. The van der Waals surface area contributed by atoms with E-state index in [4.69, 9.17) is 4.74 Å². The highest BCUT2D eigenvalue weighted by Gasteiger charge is 2.21. The molecule has 1 amide bonds. The largest absolute Gasteiger partial charge is 0.443 e. The Hall–Kier alpha value is -2.07. The van der Waals surface area contributed by atoms with Crippen molar-refractivity contribution in [1.29, 1.82) is 0 Å². The van der Waals surface area contributed by atoms with E-state index in [1.165, 1.54) is 0 Å². The van der Waals surface area contributed by atoms with Crippen molar-refractivity contribution in [3.05, 3.63) is 42.5 Å².